The minimum absolute atomic E-state index is 0.202. The van der Waals surface area contributed by atoms with E-state index in [1.165, 1.54) is 22.7 Å². The summed E-state index contributed by atoms with van der Waals surface area (Å²) in [6.07, 6.45) is -2.35. The zero-order valence-electron chi connectivity index (χ0n) is 16.7. The highest BCUT2D eigenvalue weighted by Crippen LogP contribution is 2.36. The number of aliphatic hydroxyl groups excluding tert-OH is 1. The lowest BCUT2D eigenvalue weighted by atomic mass is 9.99. The summed E-state index contributed by atoms with van der Waals surface area (Å²) in [5.74, 6) is -1.75. The van der Waals surface area contributed by atoms with Crippen molar-refractivity contribution < 1.29 is 23.1 Å². The number of halogens is 3. The van der Waals surface area contributed by atoms with Gasteiger partial charge in [-0.15, -0.1) is 0 Å². The van der Waals surface area contributed by atoms with Crippen molar-refractivity contribution in [2.45, 2.75) is 31.9 Å². The second-order valence-electron chi connectivity index (χ2n) is 7.41. The second-order valence-corrected chi connectivity index (χ2v) is 7.80. The number of pyridine rings is 1. The molecule has 1 aliphatic rings. The van der Waals surface area contributed by atoms with Crippen LogP contribution in [0.2, 0.25) is 5.15 Å². The van der Waals surface area contributed by atoms with E-state index in [9.17, 15) is 18.7 Å². The molecule has 0 fully saturated rings. The van der Waals surface area contributed by atoms with Crippen molar-refractivity contribution in [3.05, 3.63) is 70.2 Å². The fraction of sp³-hybridized carbons (Fsp3) is 0.300. The minimum Gasteiger partial charge on any atom is -0.432 e. The fourth-order valence-corrected chi connectivity index (χ4v) is 4.10. The number of aliphatic hydroxyl groups is 1. The molecule has 5 rings (SSSR count). The number of alkyl halides is 2. The summed E-state index contributed by atoms with van der Waals surface area (Å²) in [5.41, 5.74) is 1.73. The molecule has 0 radical (unpaired) electrons. The number of amides is 1. The summed E-state index contributed by atoms with van der Waals surface area (Å²) in [4.78, 5) is 25.8. The maximum atomic E-state index is 13.6. The third kappa shape index (κ3) is 3.24. The summed E-state index contributed by atoms with van der Waals surface area (Å²) >= 11 is 6.24. The highest BCUT2D eigenvalue weighted by atomic mass is 35.5. The van der Waals surface area contributed by atoms with Gasteiger partial charge < -0.3 is 19.4 Å². The number of fused-ring (bicyclic) bond motifs is 2. The van der Waals surface area contributed by atoms with Crippen molar-refractivity contribution in [1.29, 1.82) is 0 Å². The lowest BCUT2D eigenvalue weighted by Gasteiger charge is -2.33. The van der Waals surface area contributed by atoms with E-state index in [0.29, 0.717) is 28.5 Å². The van der Waals surface area contributed by atoms with Crippen molar-refractivity contribution in [1.82, 2.24) is 29.5 Å². The van der Waals surface area contributed by atoms with Crippen LogP contribution < -0.4 is 0 Å². The molecular weight excluding hydrogens is 446 g/mol. The van der Waals surface area contributed by atoms with E-state index in [0.717, 1.165) is 5.69 Å². The summed E-state index contributed by atoms with van der Waals surface area (Å²) in [6.45, 7) is 1.52. The maximum Gasteiger partial charge on any atom is 0.292 e. The van der Waals surface area contributed by atoms with E-state index in [1.54, 1.807) is 18.2 Å². The predicted molar refractivity (Wildman–Crippen MR) is 107 cm³/mol. The van der Waals surface area contributed by atoms with Crippen LogP contribution in [0.15, 0.2) is 35.0 Å². The minimum atomic E-state index is -3.05. The van der Waals surface area contributed by atoms with E-state index in [-0.39, 0.29) is 12.4 Å². The van der Waals surface area contributed by atoms with E-state index < -0.39 is 35.9 Å². The number of aromatic amines is 1. The van der Waals surface area contributed by atoms with Crippen LogP contribution in [0, 0.1) is 0 Å². The Bertz CT molecular complexity index is 1310. The molecule has 2 atom stereocenters. The lowest BCUT2D eigenvalue weighted by Crippen LogP contribution is -2.41. The molecule has 2 N–H and O–H groups in total. The van der Waals surface area contributed by atoms with Crippen molar-refractivity contribution >= 4 is 23.0 Å². The molecule has 0 aromatic carbocycles. The Morgan fingerprint density at radius 3 is 2.94 bits per heavy atom. The van der Waals surface area contributed by atoms with Gasteiger partial charge in [-0.2, -0.15) is 5.10 Å². The SMILES string of the molecule is CC(O)c1nc(C(F)F)c(C(=O)N2CCc3[nH]cnc3[C@@H]2c2cc3cccc(Cl)n3n2)o1. The average molecular weight is 463 g/mol. The molecule has 1 unspecified atom stereocenters. The number of aromatic nitrogens is 5. The molecule has 0 saturated carbocycles. The van der Waals surface area contributed by atoms with E-state index in [4.69, 9.17) is 16.0 Å². The Kier molecular flexibility index (Phi) is 4.94. The quantitative estimate of drug-likeness (QED) is 0.449. The van der Waals surface area contributed by atoms with E-state index >= 15 is 0 Å². The molecule has 32 heavy (non-hydrogen) atoms. The van der Waals surface area contributed by atoms with Gasteiger partial charge in [-0.05, 0) is 25.1 Å². The number of carbonyl (C=O) groups excluding carboxylic acids is 1. The van der Waals surface area contributed by atoms with Crippen LogP contribution in [0.5, 0.6) is 0 Å². The molecule has 5 heterocycles. The van der Waals surface area contributed by atoms with Crippen molar-refractivity contribution in [2.24, 2.45) is 0 Å². The van der Waals surface area contributed by atoms with Gasteiger partial charge in [0.05, 0.1) is 23.2 Å². The number of oxazole rings is 1. The number of hydrogen-bond donors (Lipinski definition) is 2. The van der Waals surface area contributed by atoms with Crippen LogP contribution in [-0.4, -0.2) is 47.0 Å². The van der Waals surface area contributed by atoms with Crippen LogP contribution in [0.3, 0.4) is 0 Å². The monoisotopic (exact) mass is 462 g/mol. The van der Waals surface area contributed by atoms with E-state index in [1.807, 2.05) is 6.07 Å². The highest BCUT2D eigenvalue weighted by Gasteiger charge is 2.40. The zero-order chi connectivity index (χ0) is 22.6. The molecule has 0 aliphatic carbocycles. The Morgan fingerprint density at radius 2 is 2.22 bits per heavy atom. The normalized spacial score (nSPS) is 17.2. The number of nitrogens with zero attached hydrogens (tertiary/aromatic N) is 5. The first-order valence-electron chi connectivity index (χ1n) is 9.79. The smallest absolute Gasteiger partial charge is 0.292 e. The lowest BCUT2D eigenvalue weighted by molar-refractivity contribution is 0.0631. The Hall–Kier alpha value is -3.31. The Labute approximate surface area is 184 Å². The number of hydrogen-bond acceptors (Lipinski definition) is 6. The number of carbonyl (C=O) groups is 1. The molecule has 0 saturated heterocycles. The molecule has 12 heteroatoms. The van der Waals surface area contributed by atoms with Gasteiger partial charge in [0.15, 0.2) is 5.69 Å². The van der Waals surface area contributed by atoms with Crippen LogP contribution in [-0.2, 0) is 6.42 Å². The van der Waals surface area contributed by atoms with Gasteiger partial charge in [0, 0.05) is 18.7 Å². The first-order valence-corrected chi connectivity index (χ1v) is 10.2. The first-order chi connectivity index (χ1) is 15.3. The van der Waals surface area contributed by atoms with Gasteiger partial charge >= 0.3 is 0 Å². The summed E-state index contributed by atoms with van der Waals surface area (Å²) in [6, 6.07) is 6.25. The van der Waals surface area contributed by atoms with Gasteiger partial charge in [0.2, 0.25) is 11.7 Å². The van der Waals surface area contributed by atoms with Crippen LogP contribution in [0.25, 0.3) is 5.52 Å². The summed E-state index contributed by atoms with van der Waals surface area (Å²) < 4.78 is 34.0. The first kappa shape index (κ1) is 20.6. The molecular formula is C20H17ClF2N6O3. The standard InChI is InChI=1S/C20H17ClF2N6O3/c1-9(30)19-26-15(18(22)23)17(32-19)20(31)28-6-5-11-14(25-8-24-11)16(28)12-7-10-3-2-4-13(21)29(10)27-12/h2-4,7-9,16,18,30H,5-6H2,1H3,(H,24,25)/t9?,16-/m0/s1. The predicted octanol–water partition coefficient (Wildman–Crippen LogP) is 3.48. The highest BCUT2D eigenvalue weighted by molar-refractivity contribution is 6.29. The molecule has 4 aromatic heterocycles. The molecule has 0 spiro atoms. The molecule has 4 aromatic rings. The van der Waals surface area contributed by atoms with Gasteiger partial charge in [0.25, 0.3) is 12.3 Å². The number of rotatable bonds is 4. The average Bonchev–Trinajstić information content (AvgIpc) is 3.49. The second kappa shape index (κ2) is 7.68. The summed E-state index contributed by atoms with van der Waals surface area (Å²) in [7, 11) is 0. The Morgan fingerprint density at radius 1 is 1.41 bits per heavy atom. The number of imidazole rings is 1. The third-order valence-corrected chi connectivity index (χ3v) is 5.64. The Balaban J connectivity index is 1.63. The van der Waals surface area contributed by atoms with Crippen molar-refractivity contribution in [3.63, 3.8) is 0 Å². The summed E-state index contributed by atoms with van der Waals surface area (Å²) in [5, 5.41) is 14.6. The van der Waals surface area contributed by atoms with Gasteiger partial charge in [0.1, 0.15) is 17.3 Å². The van der Waals surface area contributed by atoms with Crippen LogP contribution in [0.1, 0.15) is 64.7 Å². The molecule has 1 aliphatic heterocycles. The molecule has 9 nitrogen and oxygen atoms in total. The van der Waals surface area contributed by atoms with Crippen LogP contribution >= 0.6 is 11.6 Å². The van der Waals surface area contributed by atoms with Crippen LogP contribution in [0.4, 0.5) is 8.78 Å². The zero-order valence-corrected chi connectivity index (χ0v) is 17.4. The number of nitrogens with one attached hydrogen (secondary N) is 1. The molecule has 166 valence electrons. The number of H-pyrrole nitrogens is 1. The largest absolute Gasteiger partial charge is 0.432 e. The topological polar surface area (TPSA) is 113 Å². The van der Waals surface area contributed by atoms with Crippen molar-refractivity contribution in [2.75, 3.05) is 6.54 Å². The van der Waals surface area contributed by atoms with E-state index in [2.05, 4.69) is 20.1 Å². The molecule has 1 amide bonds. The van der Waals surface area contributed by atoms with Gasteiger partial charge in [-0.3, -0.25) is 4.79 Å². The third-order valence-electron chi connectivity index (χ3n) is 5.35. The fourth-order valence-electron chi connectivity index (χ4n) is 3.89. The van der Waals surface area contributed by atoms with Gasteiger partial charge in [-0.25, -0.2) is 23.3 Å². The van der Waals surface area contributed by atoms with Crippen molar-refractivity contribution in [3.8, 4) is 0 Å². The maximum absolute atomic E-state index is 13.6. The van der Waals surface area contributed by atoms with Gasteiger partial charge in [-0.1, -0.05) is 17.7 Å². The molecule has 0 bridgehead atoms.